The number of aromatic amines is 1. The second-order valence-electron chi connectivity index (χ2n) is 2.77. The zero-order chi connectivity index (χ0) is 9.84. The van der Waals surface area contributed by atoms with Gasteiger partial charge in [-0.25, -0.2) is 9.89 Å². The smallest absolute Gasteiger partial charge is 0.268 e. The van der Waals surface area contributed by atoms with Gasteiger partial charge >= 0.3 is 5.69 Å². The standard InChI is InChI=1S/C8H11N3OS/c1-4-5-13-8-10-9-7(12)11(8)6(2)3/h1,6H,5H2,2-3H3,(H,9,12). The number of rotatable bonds is 3. The van der Waals surface area contributed by atoms with Crippen LogP contribution in [0.4, 0.5) is 0 Å². The quantitative estimate of drug-likeness (QED) is 0.578. The molecule has 0 amide bonds. The molecule has 0 bridgehead atoms. The highest BCUT2D eigenvalue weighted by Crippen LogP contribution is 2.15. The molecule has 1 aromatic heterocycles. The Morgan fingerprint density at radius 2 is 2.46 bits per heavy atom. The second kappa shape index (κ2) is 4.19. The van der Waals surface area contributed by atoms with Gasteiger partial charge in [-0.05, 0) is 13.8 Å². The minimum atomic E-state index is -0.186. The number of hydrogen-bond donors (Lipinski definition) is 1. The van der Waals surface area contributed by atoms with E-state index in [-0.39, 0.29) is 11.7 Å². The summed E-state index contributed by atoms with van der Waals surface area (Å²) in [4.78, 5) is 11.2. The predicted octanol–water partition coefficient (Wildman–Crippen LogP) is 0.878. The predicted molar refractivity (Wildman–Crippen MR) is 52.8 cm³/mol. The molecule has 0 saturated heterocycles. The van der Waals surface area contributed by atoms with E-state index in [1.807, 2.05) is 13.8 Å². The van der Waals surface area contributed by atoms with Crippen molar-refractivity contribution in [1.29, 1.82) is 0 Å². The number of H-pyrrole nitrogens is 1. The van der Waals surface area contributed by atoms with E-state index < -0.39 is 0 Å². The van der Waals surface area contributed by atoms with Gasteiger partial charge in [-0.3, -0.25) is 4.57 Å². The molecule has 0 aromatic carbocycles. The molecule has 0 unspecified atom stereocenters. The van der Waals surface area contributed by atoms with Crippen molar-refractivity contribution in [2.75, 3.05) is 5.75 Å². The molecule has 1 rings (SSSR count). The van der Waals surface area contributed by atoms with E-state index in [0.717, 1.165) is 0 Å². The second-order valence-corrected chi connectivity index (χ2v) is 3.71. The Balaban J connectivity index is 2.95. The number of aromatic nitrogens is 3. The van der Waals surface area contributed by atoms with Crippen LogP contribution in [0.3, 0.4) is 0 Å². The maximum atomic E-state index is 11.2. The summed E-state index contributed by atoms with van der Waals surface area (Å²) in [6, 6.07) is 0.103. The average Bonchev–Trinajstić information content (AvgIpc) is 2.43. The van der Waals surface area contributed by atoms with Gasteiger partial charge in [-0.15, -0.1) is 11.5 Å². The van der Waals surface area contributed by atoms with E-state index in [1.165, 1.54) is 11.8 Å². The molecule has 1 N–H and O–H groups in total. The number of nitrogens with zero attached hydrogens (tertiary/aromatic N) is 2. The van der Waals surface area contributed by atoms with Crippen LogP contribution in [0.1, 0.15) is 19.9 Å². The Morgan fingerprint density at radius 3 is 3.00 bits per heavy atom. The summed E-state index contributed by atoms with van der Waals surface area (Å²) in [6.45, 7) is 3.85. The summed E-state index contributed by atoms with van der Waals surface area (Å²) in [7, 11) is 0. The topological polar surface area (TPSA) is 50.7 Å². The van der Waals surface area contributed by atoms with Gasteiger partial charge in [-0.2, -0.15) is 0 Å². The molecule has 1 aromatic rings. The minimum Gasteiger partial charge on any atom is -0.268 e. The Hall–Kier alpha value is -1.15. The SMILES string of the molecule is C#CCSc1n[nH]c(=O)n1C(C)C. The molecule has 0 aliphatic heterocycles. The maximum Gasteiger partial charge on any atom is 0.344 e. The van der Waals surface area contributed by atoms with Crippen LogP contribution in [0, 0.1) is 12.3 Å². The van der Waals surface area contributed by atoms with E-state index in [0.29, 0.717) is 10.9 Å². The van der Waals surface area contributed by atoms with Crippen LogP contribution in [0.25, 0.3) is 0 Å². The summed E-state index contributed by atoms with van der Waals surface area (Å²) in [5.41, 5.74) is -0.186. The van der Waals surface area contributed by atoms with E-state index >= 15 is 0 Å². The van der Waals surface area contributed by atoms with Crippen molar-refractivity contribution < 1.29 is 0 Å². The van der Waals surface area contributed by atoms with Gasteiger partial charge in [0, 0.05) is 6.04 Å². The maximum absolute atomic E-state index is 11.2. The van der Waals surface area contributed by atoms with Crippen LogP contribution in [0.5, 0.6) is 0 Å². The highest BCUT2D eigenvalue weighted by atomic mass is 32.2. The summed E-state index contributed by atoms with van der Waals surface area (Å²) < 4.78 is 1.59. The first kappa shape index (κ1) is 9.93. The molecular formula is C8H11N3OS. The van der Waals surface area contributed by atoms with Crippen molar-refractivity contribution in [2.24, 2.45) is 0 Å². The molecule has 0 saturated carbocycles. The van der Waals surface area contributed by atoms with E-state index in [1.54, 1.807) is 4.57 Å². The lowest BCUT2D eigenvalue weighted by atomic mass is 10.4. The summed E-state index contributed by atoms with van der Waals surface area (Å²) in [6.07, 6.45) is 5.11. The fourth-order valence-corrected chi connectivity index (χ4v) is 1.71. The largest absolute Gasteiger partial charge is 0.344 e. The highest BCUT2D eigenvalue weighted by Gasteiger charge is 2.10. The number of thioether (sulfide) groups is 1. The molecule has 0 radical (unpaired) electrons. The van der Waals surface area contributed by atoms with Crippen molar-refractivity contribution in [3.05, 3.63) is 10.5 Å². The molecule has 13 heavy (non-hydrogen) atoms. The summed E-state index contributed by atoms with van der Waals surface area (Å²) in [5, 5.41) is 6.91. The average molecular weight is 197 g/mol. The molecule has 1 heterocycles. The molecule has 4 nitrogen and oxygen atoms in total. The molecular weight excluding hydrogens is 186 g/mol. The van der Waals surface area contributed by atoms with Gasteiger partial charge in [0.15, 0.2) is 5.16 Å². The van der Waals surface area contributed by atoms with Gasteiger partial charge in [-0.1, -0.05) is 17.7 Å². The van der Waals surface area contributed by atoms with Crippen molar-refractivity contribution in [2.45, 2.75) is 25.0 Å². The van der Waals surface area contributed by atoms with E-state index in [9.17, 15) is 4.79 Å². The van der Waals surface area contributed by atoms with Crippen LogP contribution < -0.4 is 5.69 Å². The van der Waals surface area contributed by atoms with Crippen molar-refractivity contribution in [3.63, 3.8) is 0 Å². The third-order valence-corrected chi connectivity index (χ3v) is 2.33. The zero-order valence-electron chi connectivity index (χ0n) is 7.57. The minimum absolute atomic E-state index is 0.103. The molecule has 0 aliphatic rings. The first-order chi connectivity index (χ1) is 6.16. The zero-order valence-corrected chi connectivity index (χ0v) is 8.39. The summed E-state index contributed by atoms with van der Waals surface area (Å²) >= 11 is 1.38. The fraction of sp³-hybridized carbons (Fsp3) is 0.500. The lowest BCUT2D eigenvalue weighted by molar-refractivity contribution is 0.534. The van der Waals surface area contributed by atoms with Crippen LogP contribution >= 0.6 is 11.8 Å². The monoisotopic (exact) mass is 197 g/mol. The Morgan fingerprint density at radius 1 is 1.77 bits per heavy atom. The van der Waals surface area contributed by atoms with E-state index in [2.05, 4.69) is 16.1 Å². The molecule has 0 aliphatic carbocycles. The van der Waals surface area contributed by atoms with Crippen LogP contribution in [0.15, 0.2) is 9.95 Å². The van der Waals surface area contributed by atoms with Gasteiger partial charge in [0.25, 0.3) is 0 Å². The van der Waals surface area contributed by atoms with E-state index in [4.69, 9.17) is 6.42 Å². The third kappa shape index (κ3) is 2.16. The van der Waals surface area contributed by atoms with Crippen molar-refractivity contribution in [1.82, 2.24) is 14.8 Å². The van der Waals surface area contributed by atoms with Gasteiger partial charge in [0.05, 0.1) is 5.75 Å². The van der Waals surface area contributed by atoms with Gasteiger partial charge < -0.3 is 0 Å². The molecule has 70 valence electrons. The van der Waals surface area contributed by atoms with Crippen LogP contribution in [-0.4, -0.2) is 20.5 Å². The van der Waals surface area contributed by atoms with Crippen molar-refractivity contribution >= 4 is 11.8 Å². The molecule has 0 atom stereocenters. The first-order valence-electron chi connectivity index (χ1n) is 3.90. The first-order valence-corrected chi connectivity index (χ1v) is 4.88. The number of terminal acetylenes is 1. The van der Waals surface area contributed by atoms with Gasteiger partial charge in [0.2, 0.25) is 0 Å². The number of hydrogen-bond acceptors (Lipinski definition) is 3. The van der Waals surface area contributed by atoms with Gasteiger partial charge in [0.1, 0.15) is 0 Å². The molecule has 0 spiro atoms. The van der Waals surface area contributed by atoms with Crippen LogP contribution in [-0.2, 0) is 0 Å². The lowest BCUT2D eigenvalue weighted by Gasteiger charge is -2.06. The highest BCUT2D eigenvalue weighted by molar-refractivity contribution is 7.99. The normalized spacial score (nSPS) is 10.3. The molecule has 5 heteroatoms. The summed E-state index contributed by atoms with van der Waals surface area (Å²) in [5.74, 6) is 3.01. The van der Waals surface area contributed by atoms with Crippen LogP contribution in [0.2, 0.25) is 0 Å². The molecule has 0 fully saturated rings. The fourth-order valence-electron chi connectivity index (χ4n) is 0.954. The number of nitrogens with one attached hydrogen (secondary N) is 1. The third-order valence-electron chi connectivity index (χ3n) is 1.47. The Labute approximate surface area is 80.7 Å². The Kier molecular flexibility index (Phi) is 3.20. The van der Waals surface area contributed by atoms with Crippen molar-refractivity contribution in [3.8, 4) is 12.3 Å². The Bertz CT molecular complexity index is 371. The lowest BCUT2D eigenvalue weighted by Crippen LogP contribution is -2.19.